The molecule has 2 aromatic rings. The van der Waals surface area contributed by atoms with Gasteiger partial charge in [-0.25, -0.2) is 4.98 Å². The van der Waals surface area contributed by atoms with Gasteiger partial charge in [0.1, 0.15) is 18.0 Å². The van der Waals surface area contributed by atoms with Crippen molar-refractivity contribution >= 4 is 22.8 Å². The molecule has 0 amide bonds. The van der Waals surface area contributed by atoms with E-state index in [1.807, 2.05) is 22.8 Å². The third-order valence-electron chi connectivity index (χ3n) is 3.30. The number of hydrogen-bond acceptors (Lipinski definition) is 3. The summed E-state index contributed by atoms with van der Waals surface area (Å²) in [5.74, 6) is -0.333. The minimum absolute atomic E-state index is 0.0818. The highest BCUT2D eigenvalue weighted by Gasteiger charge is 2.14. The molecule has 20 heavy (non-hydrogen) atoms. The number of hydrogen-bond donors (Lipinski definition) is 1. The first-order chi connectivity index (χ1) is 9.51. The fourth-order valence-electron chi connectivity index (χ4n) is 2.23. The second kappa shape index (κ2) is 5.86. The lowest BCUT2D eigenvalue weighted by atomic mass is 10.1. The zero-order valence-electron chi connectivity index (χ0n) is 11.7. The van der Waals surface area contributed by atoms with Crippen molar-refractivity contribution < 1.29 is 14.7 Å². The zero-order chi connectivity index (χ0) is 14.7. The Morgan fingerprint density at radius 2 is 2.10 bits per heavy atom. The Morgan fingerprint density at radius 1 is 1.35 bits per heavy atom. The highest BCUT2D eigenvalue weighted by atomic mass is 16.4. The molecule has 0 saturated heterocycles. The number of fused-ring (bicyclic) bond motifs is 1. The molecule has 0 fully saturated rings. The lowest BCUT2D eigenvalue weighted by Gasteiger charge is -2.06. The molecule has 1 aromatic heterocycles. The van der Waals surface area contributed by atoms with E-state index in [2.05, 4.69) is 11.9 Å². The number of carbonyl (C=O) groups is 2. The third-order valence-corrected chi connectivity index (χ3v) is 3.30. The molecule has 0 aliphatic rings. The van der Waals surface area contributed by atoms with Gasteiger partial charge in [-0.1, -0.05) is 13.0 Å². The lowest BCUT2D eigenvalue weighted by molar-refractivity contribution is -0.136. The second-order valence-electron chi connectivity index (χ2n) is 4.88. The fourth-order valence-corrected chi connectivity index (χ4v) is 2.23. The van der Waals surface area contributed by atoms with Gasteiger partial charge in [0.15, 0.2) is 0 Å². The maximum Gasteiger partial charge on any atom is 0.311 e. The number of aliphatic carboxylic acids is 1. The number of imidazole rings is 1. The van der Waals surface area contributed by atoms with Crippen molar-refractivity contribution in [3.63, 3.8) is 0 Å². The molecule has 0 unspecified atom stereocenters. The first-order valence-corrected chi connectivity index (χ1v) is 6.70. The van der Waals surface area contributed by atoms with Crippen LogP contribution in [0.4, 0.5) is 0 Å². The van der Waals surface area contributed by atoms with Crippen molar-refractivity contribution in [2.75, 3.05) is 0 Å². The van der Waals surface area contributed by atoms with E-state index >= 15 is 0 Å². The lowest BCUT2D eigenvalue weighted by Crippen LogP contribution is -2.11. The van der Waals surface area contributed by atoms with Gasteiger partial charge in [-0.3, -0.25) is 9.59 Å². The number of aryl methyl sites for hydroxylation is 2. The highest BCUT2D eigenvalue weighted by molar-refractivity contribution is 5.79. The van der Waals surface area contributed by atoms with E-state index in [4.69, 9.17) is 5.11 Å². The summed E-state index contributed by atoms with van der Waals surface area (Å²) in [6.45, 7) is 4.07. The Labute approximate surface area is 117 Å². The Kier molecular flexibility index (Phi) is 4.17. The fraction of sp³-hybridized carbons (Fsp3) is 0.400. The van der Waals surface area contributed by atoms with Gasteiger partial charge in [0.25, 0.3) is 0 Å². The van der Waals surface area contributed by atoms with E-state index in [1.165, 1.54) is 6.92 Å². The Balaban J connectivity index is 2.47. The van der Waals surface area contributed by atoms with E-state index in [0.717, 1.165) is 23.0 Å². The second-order valence-corrected chi connectivity index (χ2v) is 4.88. The van der Waals surface area contributed by atoms with Crippen LogP contribution in [0.2, 0.25) is 0 Å². The van der Waals surface area contributed by atoms with Gasteiger partial charge in [0.05, 0.1) is 11.0 Å². The molecule has 0 radical (unpaired) electrons. The largest absolute Gasteiger partial charge is 0.481 e. The van der Waals surface area contributed by atoms with E-state index < -0.39 is 5.97 Å². The van der Waals surface area contributed by atoms with Crippen molar-refractivity contribution in [3.05, 3.63) is 29.6 Å². The molecule has 5 nitrogen and oxygen atoms in total. The van der Waals surface area contributed by atoms with Crippen LogP contribution < -0.4 is 0 Å². The smallest absolute Gasteiger partial charge is 0.311 e. The van der Waals surface area contributed by atoms with Crippen molar-refractivity contribution in [2.24, 2.45) is 0 Å². The highest BCUT2D eigenvalue weighted by Crippen LogP contribution is 2.19. The van der Waals surface area contributed by atoms with Gasteiger partial charge in [0, 0.05) is 13.0 Å². The maximum absolute atomic E-state index is 11.2. The summed E-state index contributed by atoms with van der Waals surface area (Å²) in [7, 11) is 0. The number of nitrogens with zero attached hydrogens (tertiary/aromatic N) is 2. The van der Waals surface area contributed by atoms with Crippen molar-refractivity contribution in [3.8, 4) is 0 Å². The first kappa shape index (κ1) is 14.2. The summed E-state index contributed by atoms with van der Waals surface area (Å²) in [5, 5.41) is 8.97. The molecular weight excluding hydrogens is 256 g/mol. The zero-order valence-corrected chi connectivity index (χ0v) is 11.7. The molecule has 5 heteroatoms. The van der Waals surface area contributed by atoms with Gasteiger partial charge >= 0.3 is 5.97 Å². The Morgan fingerprint density at radius 3 is 2.70 bits per heavy atom. The van der Waals surface area contributed by atoms with Crippen molar-refractivity contribution in [2.45, 2.75) is 39.7 Å². The molecule has 1 aromatic carbocycles. The molecule has 1 heterocycles. The van der Waals surface area contributed by atoms with Crippen LogP contribution in [0.5, 0.6) is 0 Å². The summed E-state index contributed by atoms with van der Waals surface area (Å²) >= 11 is 0. The molecule has 0 atom stereocenters. The quantitative estimate of drug-likeness (QED) is 0.876. The van der Waals surface area contributed by atoms with Gasteiger partial charge in [-0.05, 0) is 31.0 Å². The van der Waals surface area contributed by atoms with Crippen LogP contribution in [0.1, 0.15) is 31.7 Å². The number of rotatable bonds is 6. The standard InChI is InChI=1S/C15H18N2O3/c1-3-11-4-5-13-12(8-11)16-14(9-15(19)20)17(13)7-6-10(2)18/h4-5,8H,3,6-7,9H2,1-2H3,(H,19,20). The van der Waals surface area contributed by atoms with Crippen LogP contribution >= 0.6 is 0 Å². The number of carboxylic acid groups (broad SMARTS) is 1. The van der Waals surface area contributed by atoms with Crippen LogP contribution in [0.15, 0.2) is 18.2 Å². The normalized spacial score (nSPS) is 10.9. The predicted molar refractivity (Wildman–Crippen MR) is 75.7 cm³/mol. The average molecular weight is 274 g/mol. The van der Waals surface area contributed by atoms with Crippen LogP contribution in [-0.4, -0.2) is 26.4 Å². The van der Waals surface area contributed by atoms with Crippen molar-refractivity contribution in [1.82, 2.24) is 9.55 Å². The Bertz CT molecular complexity index is 658. The maximum atomic E-state index is 11.2. The molecule has 0 aliphatic heterocycles. The predicted octanol–water partition coefficient (Wildman–Crippen LogP) is 2.20. The molecule has 2 rings (SSSR count). The van der Waals surface area contributed by atoms with E-state index in [0.29, 0.717) is 18.8 Å². The van der Waals surface area contributed by atoms with Gasteiger partial charge in [0.2, 0.25) is 0 Å². The van der Waals surface area contributed by atoms with Gasteiger partial charge in [-0.2, -0.15) is 0 Å². The molecule has 0 aliphatic carbocycles. The summed E-state index contributed by atoms with van der Waals surface area (Å²) in [6.07, 6.45) is 1.16. The van der Waals surface area contributed by atoms with Crippen LogP contribution in [-0.2, 0) is 29.0 Å². The summed E-state index contributed by atoms with van der Waals surface area (Å²) in [6, 6.07) is 5.94. The number of aromatic nitrogens is 2. The molecule has 0 saturated carbocycles. The molecular formula is C15H18N2O3. The number of carbonyl (C=O) groups excluding carboxylic acids is 1. The molecule has 0 bridgehead atoms. The topological polar surface area (TPSA) is 72.2 Å². The SMILES string of the molecule is CCc1ccc2c(c1)nc(CC(=O)O)n2CCC(C)=O. The van der Waals surface area contributed by atoms with Gasteiger partial charge in [-0.15, -0.1) is 0 Å². The average Bonchev–Trinajstić information content (AvgIpc) is 2.71. The van der Waals surface area contributed by atoms with Crippen molar-refractivity contribution in [1.29, 1.82) is 0 Å². The van der Waals surface area contributed by atoms with E-state index in [1.54, 1.807) is 0 Å². The van der Waals surface area contributed by atoms with E-state index in [-0.39, 0.29) is 12.2 Å². The van der Waals surface area contributed by atoms with Crippen LogP contribution in [0, 0.1) is 0 Å². The van der Waals surface area contributed by atoms with Crippen LogP contribution in [0.25, 0.3) is 11.0 Å². The summed E-state index contributed by atoms with van der Waals surface area (Å²) in [4.78, 5) is 26.5. The summed E-state index contributed by atoms with van der Waals surface area (Å²) < 4.78 is 1.84. The number of ketones is 1. The molecule has 1 N–H and O–H groups in total. The molecule has 0 spiro atoms. The minimum Gasteiger partial charge on any atom is -0.481 e. The first-order valence-electron chi connectivity index (χ1n) is 6.70. The van der Waals surface area contributed by atoms with Crippen LogP contribution in [0.3, 0.4) is 0 Å². The monoisotopic (exact) mass is 274 g/mol. The minimum atomic E-state index is -0.917. The third kappa shape index (κ3) is 3.04. The van der Waals surface area contributed by atoms with E-state index in [9.17, 15) is 9.59 Å². The number of carboxylic acids is 1. The molecule has 106 valence electrons. The van der Waals surface area contributed by atoms with Gasteiger partial charge < -0.3 is 9.67 Å². The Hall–Kier alpha value is -2.17. The summed E-state index contributed by atoms with van der Waals surface area (Å²) in [5.41, 5.74) is 2.85. The number of Topliss-reactive ketones (excluding diaryl/α,β-unsaturated/α-hetero) is 1. The number of benzene rings is 1.